The van der Waals surface area contributed by atoms with Crippen molar-refractivity contribution in [3.05, 3.63) is 53.1 Å². The molecular formula is C17H13ClN2O3. The molecule has 1 atom stereocenters. The monoisotopic (exact) mass is 328 g/mol. The number of amides is 2. The molecule has 23 heavy (non-hydrogen) atoms. The van der Waals surface area contributed by atoms with Crippen molar-refractivity contribution in [2.45, 2.75) is 12.5 Å². The van der Waals surface area contributed by atoms with Gasteiger partial charge in [0.25, 0.3) is 5.91 Å². The van der Waals surface area contributed by atoms with E-state index in [0.717, 1.165) is 5.56 Å². The van der Waals surface area contributed by atoms with Gasteiger partial charge in [-0.05, 0) is 35.9 Å². The number of benzene rings is 2. The Morgan fingerprint density at radius 3 is 2.96 bits per heavy atom. The molecule has 2 aliphatic rings. The van der Waals surface area contributed by atoms with Crippen molar-refractivity contribution in [1.82, 2.24) is 0 Å². The molecule has 2 heterocycles. The average Bonchev–Trinajstić information content (AvgIpc) is 2.96. The lowest BCUT2D eigenvalue weighted by molar-refractivity contribution is -0.126. The van der Waals surface area contributed by atoms with E-state index in [1.165, 1.54) is 4.90 Å². The molecule has 2 aliphatic heterocycles. The molecule has 0 fully saturated rings. The zero-order valence-electron chi connectivity index (χ0n) is 12.1. The number of rotatable bonds is 1. The van der Waals surface area contributed by atoms with E-state index in [9.17, 15) is 9.59 Å². The molecule has 2 aromatic carbocycles. The summed E-state index contributed by atoms with van der Waals surface area (Å²) in [6.07, 6.45) is -0.183. The highest BCUT2D eigenvalue weighted by Gasteiger charge is 2.36. The lowest BCUT2D eigenvalue weighted by Crippen LogP contribution is -2.47. The van der Waals surface area contributed by atoms with E-state index in [1.54, 1.807) is 24.3 Å². The van der Waals surface area contributed by atoms with Crippen LogP contribution in [-0.4, -0.2) is 24.5 Å². The fourth-order valence-electron chi connectivity index (χ4n) is 2.96. The fourth-order valence-corrected chi connectivity index (χ4v) is 3.15. The molecule has 0 radical (unpaired) electrons. The zero-order chi connectivity index (χ0) is 16.0. The van der Waals surface area contributed by atoms with Gasteiger partial charge in [0.2, 0.25) is 5.91 Å². The number of ether oxygens (including phenoxy) is 1. The summed E-state index contributed by atoms with van der Waals surface area (Å²) in [5, 5.41) is 3.38. The molecule has 0 bridgehead atoms. The summed E-state index contributed by atoms with van der Waals surface area (Å²) in [6, 6.07) is 12.5. The number of fused-ring (bicyclic) bond motifs is 2. The summed E-state index contributed by atoms with van der Waals surface area (Å²) in [5.41, 5.74) is 2.23. The van der Waals surface area contributed by atoms with Crippen molar-refractivity contribution < 1.29 is 14.3 Å². The average molecular weight is 329 g/mol. The maximum atomic E-state index is 12.9. The van der Waals surface area contributed by atoms with Crippen molar-refractivity contribution in [3.63, 3.8) is 0 Å². The highest BCUT2D eigenvalue weighted by Crippen LogP contribution is 2.34. The third kappa shape index (κ3) is 2.43. The molecule has 2 amide bonds. The van der Waals surface area contributed by atoms with Gasteiger partial charge in [0.05, 0.1) is 11.4 Å². The number of carbonyl (C=O) groups is 2. The number of anilines is 2. The van der Waals surface area contributed by atoms with Crippen LogP contribution in [0, 0.1) is 0 Å². The van der Waals surface area contributed by atoms with Crippen molar-refractivity contribution >= 4 is 34.8 Å². The summed E-state index contributed by atoms with van der Waals surface area (Å²) in [4.78, 5) is 26.2. The van der Waals surface area contributed by atoms with Crippen LogP contribution in [0.15, 0.2) is 42.5 Å². The number of hydrogen-bond acceptors (Lipinski definition) is 3. The normalized spacial score (nSPS) is 18.7. The Kier molecular flexibility index (Phi) is 3.23. The second-order valence-electron chi connectivity index (χ2n) is 5.55. The molecule has 5 nitrogen and oxygen atoms in total. The van der Waals surface area contributed by atoms with Crippen LogP contribution in [0.25, 0.3) is 0 Å². The van der Waals surface area contributed by atoms with E-state index in [0.29, 0.717) is 28.6 Å². The van der Waals surface area contributed by atoms with Gasteiger partial charge in [-0.3, -0.25) is 14.5 Å². The Labute approximate surface area is 137 Å². The molecule has 2 aromatic rings. The van der Waals surface area contributed by atoms with Crippen LogP contribution in [0.1, 0.15) is 5.56 Å². The van der Waals surface area contributed by atoms with Crippen LogP contribution >= 0.6 is 11.6 Å². The Morgan fingerprint density at radius 2 is 2.09 bits per heavy atom. The molecule has 1 N–H and O–H groups in total. The third-order valence-electron chi connectivity index (χ3n) is 4.01. The van der Waals surface area contributed by atoms with Crippen LogP contribution in [0.5, 0.6) is 5.75 Å². The predicted octanol–water partition coefficient (Wildman–Crippen LogP) is 2.63. The fraction of sp³-hybridized carbons (Fsp3) is 0.176. The molecule has 0 aromatic heterocycles. The number of hydrogen-bond donors (Lipinski definition) is 1. The quantitative estimate of drug-likeness (QED) is 0.875. The summed E-state index contributed by atoms with van der Waals surface area (Å²) in [6.45, 7) is -0.00713. The Hall–Kier alpha value is -2.53. The highest BCUT2D eigenvalue weighted by molar-refractivity contribution is 6.30. The van der Waals surface area contributed by atoms with Gasteiger partial charge in [-0.2, -0.15) is 0 Å². The van der Waals surface area contributed by atoms with Crippen LogP contribution < -0.4 is 15.0 Å². The molecule has 0 saturated carbocycles. The minimum atomic E-state index is -0.637. The number of halogens is 1. The summed E-state index contributed by atoms with van der Waals surface area (Å²) < 4.78 is 5.75. The predicted molar refractivity (Wildman–Crippen MR) is 87.0 cm³/mol. The smallest absolute Gasteiger partial charge is 0.268 e. The van der Waals surface area contributed by atoms with Gasteiger partial charge in [-0.25, -0.2) is 0 Å². The molecule has 1 unspecified atom stereocenters. The van der Waals surface area contributed by atoms with Gasteiger partial charge < -0.3 is 10.1 Å². The minimum absolute atomic E-state index is 0.00713. The molecule has 0 aliphatic carbocycles. The van der Waals surface area contributed by atoms with Crippen LogP contribution in [0.2, 0.25) is 5.02 Å². The van der Waals surface area contributed by atoms with Crippen molar-refractivity contribution in [2.75, 3.05) is 16.8 Å². The second kappa shape index (κ2) is 5.28. The van der Waals surface area contributed by atoms with Crippen LogP contribution in [-0.2, 0) is 16.0 Å². The lowest BCUT2D eigenvalue weighted by Gasteiger charge is -2.30. The molecule has 0 spiro atoms. The van der Waals surface area contributed by atoms with Crippen LogP contribution in [0.3, 0.4) is 0 Å². The molecule has 116 valence electrons. The Balaban J connectivity index is 1.62. The van der Waals surface area contributed by atoms with E-state index in [-0.39, 0.29) is 18.4 Å². The van der Waals surface area contributed by atoms with Gasteiger partial charge in [-0.15, -0.1) is 0 Å². The standard InChI is InChI=1S/C17H13ClN2O3/c18-11-5-6-14-10(7-11)8-15(23-14)17(22)20-9-16(21)19-12-3-1-2-4-13(12)20/h1-7,15H,8-9H2,(H,19,21). The number of nitrogens with one attached hydrogen (secondary N) is 1. The Morgan fingerprint density at radius 1 is 1.26 bits per heavy atom. The largest absolute Gasteiger partial charge is 0.480 e. The van der Waals surface area contributed by atoms with Crippen LogP contribution in [0.4, 0.5) is 11.4 Å². The second-order valence-corrected chi connectivity index (χ2v) is 5.99. The van der Waals surface area contributed by atoms with Crippen molar-refractivity contribution in [2.24, 2.45) is 0 Å². The van der Waals surface area contributed by atoms with E-state index in [1.807, 2.05) is 18.2 Å². The topological polar surface area (TPSA) is 58.6 Å². The molecule has 6 heteroatoms. The summed E-state index contributed by atoms with van der Waals surface area (Å²) in [5.74, 6) is 0.234. The molecule has 4 rings (SSSR count). The van der Waals surface area contributed by atoms with Gasteiger partial charge in [0, 0.05) is 11.4 Å². The first-order valence-electron chi connectivity index (χ1n) is 7.27. The summed E-state index contributed by atoms with van der Waals surface area (Å²) in [7, 11) is 0. The van der Waals surface area contributed by atoms with E-state index in [2.05, 4.69) is 5.32 Å². The highest BCUT2D eigenvalue weighted by atomic mass is 35.5. The first-order valence-corrected chi connectivity index (χ1v) is 7.65. The SMILES string of the molecule is O=C1CN(C(=O)C2Cc3cc(Cl)ccc3O2)c2ccccc2N1. The maximum Gasteiger partial charge on any atom is 0.268 e. The van der Waals surface area contributed by atoms with E-state index >= 15 is 0 Å². The van der Waals surface area contributed by atoms with Gasteiger partial charge in [0.15, 0.2) is 6.10 Å². The first kappa shape index (κ1) is 14.1. The number of para-hydroxylation sites is 2. The van der Waals surface area contributed by atoms with Crippen molar-refractivity contribution in [1.29, 1.82) is 0 Å². The number of carbonyl (C=O) groups excluding carboxylic acids is 2. The van der Waals surface area contributed by atoms with Gasteiger partial charge in [0.1, 0.15) is 12.3 Å². The Bertz CT molecular complexity index is 821. The van der Waals surface area contributed by atoms with E-state index in [4.69, 9.17) is 16.3 Å². The third-order valence-corrected chi connectivity index (χ3v) is 4.24. The minimum Gasteiger partial charge on any atom is -0.480 e. The van der Waals surface area contributed by atoms with Gasteiger partial charge in [-0.1, -0.05) is 23.7 Å². The lowest BCUT2D eigenvalue weighted by atomic mass is 10.1. The maximum absolute atomic E-state index is 12.9. The molecular weight excluding hydrogens is 316 g/mol. The molecule has 0 saturated heterocycles. The zero-order valence-corrected chi connectivity index (χ0v) is 12.8. The van der Waals surface area contributed by atoms with Crippen molar-refractivity contribution in [3.8, 4) is 5.75 Å². The van der Waals surface area contributed by atoms with E-state index < -0.39 is 6.10 Å². The van der Waals surface area contributed by atoms with Gasteiger partial charge >= 0.3 is 0 Å². The number of nitrogens with zero attached hydrogens (tertiary/aromatic N) is 1. The summed E-state index contributed by atoms with van der Waals surface area (Å²) >= 11 is 5.98. The first-order chi connectivity index (χ1) is 11.1.